The van der Waals surface area contributed by atoms with Gasteiger partial charge < -0.3 is 14.6 Å². The molecule has 1 aromatic heterocycles. The van der Waals surface area contributed by atoms with Gasteiger partial charge in [0.05, 0.1) is 6.04 Å². The van der Waals surface area contributed by atoms with Gasteiger partial charge in [-0.1, -0.05) is 13.0 Å². The summed E-state index contributed by atoms with van der Waals surface area (Å²) in [6.45, 7) is 2.73. The number of hydrogen-bond donors (Lipinski definition) is 1. The highest BCUT2D eigenvalue weighted by molar-refractivity contribution is 5.87. The van der Waals surface area contributed by atoms with Crippen molar-refractivity contribution in [2.45, 2.75) is 19.4 Å². The van der Waals surface area contributed by atoms with Crippen molar-refractivity contribution >= 4 is 5.91 Å². The van der Waals surface area contributed by atoms with Crippen LogP contribution in [0.3, 0.4) is 0 Å². The molecule has 0 saturated heterocycles. The van der Waals surface area contributed by atoms with Gasteiger partial charge in [0, 0.05) is 12.6 Å². The van der Waals surface area contributed by atoms with Gasteiger partial charge in [0.15, 0.2) is 6.39 Å². The number of likely N-dealkylation sites (N-methyl/N-ethyl adjacent to an activating group) is 1. The first-order valence-electron chi connectivity index (χ1n) is 5.63. The standard InChI is InChI=1S/C12H19N3O2/c1-4-10(11-8-17-9-13-11)14-12(16)6-5-7-15(2)3/h5-6,8-10H,4,7H2,1-3H3,(H,14,16)/b6-5+. The molecule has 1 amide bonds. The van der Waals surface area contributed by atoms with Crippen LogP contribution in [0, 0.1) is 0 Å². The fourth-order valence-electron chi connectivity index (χ4n) is 1.37. The molecule has 94 valence electrons. The van der Waals surface area contributed by atoms with Gasteiger partial charge in [-0.05, 0) is 20.5 Å². The maximum Gasteiger partial charge on any atom is 0.244 e. The SMILES string of the molecule is CCC(NC(=O)/C=C/CN(C)C)c1cocn1. The summed E-state index contributed by atoms with van der Waals surface area (Å²) in [6, 6.07) is -0.0924. The van der Waals surface area contributed by atoms with Crippen LogP contribution in [0.4, 0.5) is 0 Å². The topological polar surface area (TPSA) is 58.4 Å². The van der Waals surface area contributed by atoms with Gasteiger partial charge in [0.1, 0.15) is 12.0 Å². The number of nitrogens with zero attached hydrogens (tertiary/aromatic N) is 2. The lowest BCUT2D eigenvalue weighted by Crippen LogP contribution is -2.26. The summed E-state index contributed by atoms with van der Waals surface area (Å²) in [4.78, 5) is 17.6. The molecule has 0 aliphatic carbocycles. The van der Waals surface area contributed by atoms with Gasteiger partial charge in [-0.2, -0.15) is 0 Å². The van der Waals surface area contributed by atoms with Crippen LogP contribution in [0.15, 0.2) is 29.2 Å². The molecule has 0 aliphatic heterocycles. The zero-order valence-corrected chi connectivity index (χ0v) is 10.5. The van der Waals surface area contributed by atoms with Crippen molar-refractivity contribution in [3.05, 3.63) is 30.5 Å². The third kappa shape index (κ3) is 4.82. The fraction of sp³-hybridized carbons (Fsp3) is 0.500. The quantitative estimate of drug-likeness (QED) is 0.759. The number of carbonyl (C=O) groups excluding carboxylic acids is 1. The number of rotatable bonds is 6. The monoisotopic (exact) mass is 237 g/mol. The lowest BCUT2D eigenvalue weighted by molar-refractivity contribution is -0.117. The molecule has 5 heteroatoms. The third-order valence-electron chi connectivity index (χ3n) is 2.27. The maximum absolute atomic E-state index is 11.6. The first-order chi connectivity index (χ1) is 8.13. The lowest BCUT2D eigenvalue weighted by Gasteiger charge is -2.12. The van der Waals surface area contributed by atoms with Gasteiger partial charge in [0.25, 0.3) is 0 Å². The van der Waals surface area contributed by atoms with Crippen LogP contribution in [-0.4, -0.2) is 36.4 Å². The Bertz CT molecular complexity index is 358. The molecular formula is C12H19N3O2. The second-order valence-electron chi connectivity index (χ2n) is 4.05. The molecular weight excluding hydrogens is 218 g/mol. The van der Waals surface area contributed by atoms with E-state index >= 15 is 0 Å². The normalized spacial score (nSPS) is 13.2. The summed E-state index contributed by atoms with van der Waals surface area (Å²) in [5.74, 6) is -0.110. The van der Waals surface area contributed by atoms with E-state index in [2.05, 4.69) is 10.3 Å². The van der Waals surface area contributed by atoms with E-state index in [-0.39, 0.29) is 11.9 Å². The molecule has 1 aromatic rings. The van der Waals surface area contributed by atoms with E-state index in [0.29, 0.717) is 0 Å². The maximum atomic E-state index is 11.6. The number of hydrogen-bond acceptors (Lipinski definition) is 4. The van der Waals surface area contributed by atoms with Crippen LogP contribution in [0.25, 0.3) is 0 Å². The molecule has 5 nitrogen and oxygen atoms in total. The molecule has 17 heavy (non-hydrogen) atoms. The molecule has 1 N–H and O–H groups in total. The fourth-order valence-corrected chi connectivity index (χ4v) is 1.37. The van der Waals surface area contributed by atoms with E-state index in [0.717, 1.165) is 18.7 Å². The summed E-state index contributed by atoms with van der Waals surface area (Å²) in [5.41, 5.74) is 0.752. The van der Waals surface area contributed by atoms with Gasteiger partial charge >= 0.3 is 0 Å². The van der Waals surface area contributed by atoms with Gasteiger partial charge in [-0.25, -0.2) is 4.98 Å². The minimum absolute atomic E-state index is 0.0924. The smallest absolute Gasteiger partial charge is 0.244 e. The first kappa shape index (κ1) is 13.4. The Morgan fingerprint density at radius 1 is 1.65 bits per heavy atom. The number of oxazole rings is 1. The van der Waals surface area contributed by atoms with Gasteiger partial charge in [-0.15, -0.1) is 0 Å². The molecule has 1 heterocycles. The molecule has 0 fully saturated rings. The van der Waals surface area contributed by atoms with Crippen molar-refractivity contribution in [3.63, 3.8) is 0 Å². The predicted octanol–water partition coefficient (Wildman–Crippen LogP) is 1.36. The van der Waals surface area contributed by atoms with Crippen LogP contribution >= 0.6 is 0 Å². The van der Waals surface area contributed by atoms with Gasteiger partial charge in [0.2, 0.25) is 5.91 Å². The molecule has 1 atom stereocenters. The van der Waals surface area contributed by atoms with Crippen molar-refractivity contribution in [1.82, 2.24) is 15.2 Å². The van der Waals surface area contributed by atoms with Crippen molar-refractivity contribution in [2.24, 2.45) is 0 Å². The number of amides is 1. The zero-order chi connectivity index (χ0) is 12.7. The van der Waals surface area contributed by atoms with Crippen LogP contribution in [0.1, 0.15) is 25.1 Å². The Hall–Kier alpha value is -1.62. The minimum atomic E-state index is -0.110. The Balaban J connectivity index is 2.46. The third-order valence-corrected chi connectivity index (χ3v) is 2.27. The minimum Gasteiger partial charge on any atom is -0.451 e. The van der Waals surface area contributed by atoms with Crippen LogP contribution in [0.5, 0.6) is 0 Å². The zero-order valence-electron chi connectivity index (χ0n) is 10.5. The summed E-state index contributed by atoms with van der Waals surface area (Å²) >= 11 is 0. The highest BCUT2D eigenvalue weighted by atomic mass is 16.3. The molecule has 1 unspecified atom stereocenters. The van der Waals surface area contributed by atoms with Crippen molar-refractivity contribution in [3.8, 4) is 0 Å². The Morgan fingerprint density at radius 2 is 2.41 bits per heavy atom. The highest BCUT2D eigenvalue weighted by Crippen LogP contribution is 2.13. The lowest BCUT2D eigenvalue weighted by atomic mass is 10.1. The van der Waals surface area contributed by atoms with E-state index in [1.807, 2.05) is 32.0 Å². The van der Waals surface area contributed by atoms with Crippen molar-refractivity contribution < 1.29 is 9.21 Å². The van der Waals surface area contributed by atoms with Crippen LogP contribution < -0.4 is 5.32 Å². The van der Waals surface area contributed by atoms with E-state index < -0.39 is 0 Å². The largest absolute Gasteiger partial charge is 0.451 e. The summed E-state index contributed by atoms with van der Waals surface area (Å²) in [6.07, 6.45) is 7.07. The predicted molar refractivity (Wildman–Crippen MR) is 65.4 cm³/mol. The van der Waals surface area contributed by atoms with E-state index in [1.54, 1.807) is 12.3 Å². The molecule has 0 aromatic carbocycles. The van der Waals surface area contributed by atoms with Crippen molar-refractivity contribution in [1.29, 1.82) is 0 Å². The summed E-state index contributed by atoms with van der Waals surface area (Å²) in [5, 5.41) is 2.88. The Kier molecular flexibility index (Phi) is 5.42. The van der Waals surface area contributed by atoms with Crippen molar-refractivity contribution in [2.75, 3.05) is 20.6 Å². The molecule has 0 radical (unpaired) electrons. The molecule has 0 aliphatic rings. The average Bonchev–Trinajstić information content (AvgIpc) is 2.78. The van der Waals surface area contributed by atoms with Crippen LogP contribution in [0.2, 0.25) is 0 Å². The summed E-state index contributed by atoms with van der Waals surface area (Å²) < 4.78 is 4.90. The molecule has 0 saturated carbocycles. The first-order valence-corrected chi connectivity index (χ1v) is 5.63. The number of nitrogens with one attached hydrogen (secondary N) is 1. The highest BCUT2D eigenvalue weighted by Gasteiger charge is 2.13. The number of aromatic nitrogens is 1. The Labute approximate surface area is 102 Å². The second-order valence-corrected chi connectivity index (χ2v) is 4.05. The molecule has 0 bridgehead atoms. The van der Waals surface area contributed by atoms with Gasteiger partial charge in [-0.3, -0.25) is 4.79 Å². The van der Waals surface area contributed by atoms with E-state index in [1.165, 1.54) is 6.39 Å². The van der Waals surface area contributed by atoms with E-state index in [4.69, 9.17) is 4.42 Å². The average molecular weight is 237 g/mol. The summed E-state index contributed by atoms with van der Waals surface area (Å²) in [7, 11) is 3.90. The molecule has 1 rings (SSSR count). The van der Waals surface area contributed by atoms with E-state index in [9.17, 15) is 4.79 Å². The Morgan fingerprint density at radius 3 is 2.94 bits per heavy atom. The molecule has 0 spiro atoms. The van der Waals surface area contributed by atoms with Crippen LogP contribution in [-0.2, 0) is 4.79 Å². The second kappa shape index (κ2) is 6.85. The number of carbonyl (C=O) groups is 1.